The van der Waals surface area contributed by atoms with Crippen molar-refractivity contribution in [1.29, 1.82) is 0 Å². The summed E-state index contributed by atoms with van der Waals surface area (Å²) in [6.45, 7) is 3.79. The molecule has 5 N–H and O–H groups in total. The Morgan fingerprint density at radius 2 is 0.705 bits per heavy atom. The van der Waals surface area contributed by atoms with E-state index >= 15 is 0 Å². The van der Waals surface area contributed by atoms with E-state index in [9.17, 15) is 9.59 Å². The number of hydrogen-bond donors (Lipinski definition) is 5. The quantitative estimate of drug-likeness (QED) is 0.0380. The van der Waals surface area contributed by atoms with Crippen molar-refractivity contribution >= 4 is 11.9 Å². The fourth-order valence-corrected chi connectivity index (χ4v) is 4.70. The van der Waals surface area contributed by atoms with Gasteiger partial charge in [0.2, 0.25) is 0 Å². The van der Waals surface area contributed by atoms with E-state index < -0.39 is 18.0 Å². The molecule has 0 fully saturated rings. The lowest BCUT2D eigenvalue weighted by Gasteiger charge is -2.02. The van der Waals surface area contributed by atoms with Crippen molar-refractivity contribution in [3.05, 3.63) is 12.2 Å². The van der Waals surface area contributed by atoms with Crippen LogP contribution in [0.2, 0.25) is 0 Å². The molecule has 0 heterocycles. The average molecular weight is 631 g/mol. The second-order valence-electron chi connectivity index (χ2n) is 12.1. The SMILES string of the molecule is CCCCCCCCC=CCCCCCCCC(=O)O.CCCCCCCCCCCCCCCC(=O)O.OCC(O)CO. The average Bonchev–Trinajstić information content (AvgIpc) is 3.01. The number of carboxylic acids is 2. The molecule has 0 saturated carbocycles. The van der Waals surface area contributed by atoms with Gasteiger partial charge in [-0.25, -0.2) is 0 Å². The van der Waals surface area contributed by atoms with Crippen LogP contribution in [0.5, 0.6) is 0 Å². The van der Waals surface area contributed by atoms with E-state index in [2.05, 4.69) is 26.0 Å². The molecule has 0 bridgehead atoms. The molecule has 0 amide bonds. The Morgan fingerprint density at radius 1 is 0.455 bits per heavy atom. The van der Waals surface area contributed by atoms with Gasteiger partial charge in [-0.05, 0) is 38.5 Å². The number of aliphatic hydroxyl groups excluding tert-OH is 3. The lowest BCUT2D eigenvalue weighted by Crippen LogP contribution is -2.15. The number of rotatable bonds is 31. The number of carboxylic acid groups (broad SMARTS) is 2. The van der Waals surface area contributed by atoms with Crippen LogP contribution in [0.4, 0.5) is 0 Å². The van der Waals surface area contributed by atoms with Crippen molar-refractivity contribution < 1.29 is 35.1 Å². The summed E-state index contributed by atoms with van der Waals surface area (Å²) in [4.78, 5) is 20.6. The minimum absolute atomic E-state index is 0.332. The molecule has 0 radical (unpaired) electrons. The predicted molar refractivity (Wildman–Crippen MR) is 185 cm³/mol. The Bertz CT molecular complexity index is 576. The molecule has 0 aromatic heterocycles. The van der Waals surface area contributed by atoms with Gasteiger partial charge in [-0.1, -0.05) is 154 Å². The van der Waals surface area contributed by atoms with Crippen LogP contribution in [0, 0.1) is 0 Å². The molecule has 0 atom stereocenters. The third kappa shape index (κ3) is 53.1. The predicted octanol–water partition coefficient (Wildman–Crippen LogP) is 9.99. The monoisotopic (exact) mass is 631 g/mol. The Hall–Kier alpha value is -1.44. The van der Waals surface area contributed by atoms with Gasteiger partial charge in [-0.15, -0.1) is 0 Å². The lowest BCUT2D eigenvalue weighted by atomic mass is 10.0. The molecule has 7 heteroatoms. The normalized spacial score (nSPS) is 10.9. The van der Waals surface area contributed by atoms with Crippen molar-refractivity contribution in [2.45, 2.75) is 200 Å². The van der Waals surface area contributed by atoms with Gasteiger partial charge in [0.15, 0.2) is 0 Å². The first-order chi connectivity index (χ1) is 21.3. The van der Waals surface area contributed by atoms with E-state index in [1.807, 2.05) is 0 Å². The molecule has 0 spiro atoms. The van der Waals surface area contributed by atoms with Crippen LogP contribution in [0.3, 0.4) is 0 Å². The van der Waals surface area contributed by atoms with Gasteiger partial charge in [0.1, 0.15) is 6.10 Å². The molecule has 0 saturated heterocycles. The van der Waals surface area contributed by atoms with E-state index in [0.29, 0.717) is 12.8 Å². The number of aliphatic carboxylic acids is 2. The summed E-state index contributed by atoms with van der Waals surface area (Å²) in [5.41, 5.74) is 0. The molecular weight excluding hydrogens is 556 g/mol. The van der Waals surface area contributed by atoms with E-state index in [-0.39, 0.29) is 13.2 Å². The summed E-state index contributed by atoms with van der Waals surface area (Å²) in [7, 11) is 0. The maximum absolute atomic E-state index is 10.3. The van der Waals surface area contributed by atoms with Gasteiger partial charge in [-0.2, -0.15) is 0 Å². The second-order valence-corrected chi connectivity index (χ2v) is 12.1. The maximum atomic E-state index is 10.3. The highest BCUT2D eigenvalue weighted by atomic mass is 16.4. The Kier molecular flexibility index (Phi) is 46.6. The highest BCUT2D eigenvalue weighted by Crippen LogP contribution is 2.13. The van der Waals surface area contributed by atoms with Crippen LogP contribution >= 0.6 is 0 Å². The summed E-state index contributed by atoms with van der Waals surface area (Å²) in [5, 5.41) is 41.0. The number of allylic oxidation sites excluding steroid dienone is 2. The number of aliphatic hydroxyl groups is 3. The first-order valence-electron chi connectivity index (χ1n) is 18.3. The molecule has 0 aromatic carbocycles. The number of hydrogen-bond acceptors (Lipinski definition) is 5. The van der Waals surface area contributed by atoms with Crippen LogP contribution in [0.1, 0.15) is 194 Å². The largest absolute Gasteiger partial charge is 0.481 e. The molecular formula is C37H74O7. The van der Waals surface area contributed by atoms with Crippen molar-refractivity contribution in [3.8, 4) is 0 Å². The lowest BCUT2D eigenvalue weighted by molar-refractivity contribution is -0.138. The maximum Gasteiger partial charge on any atom is 0.303 e. The molecule has 0 aliphatic carbocycles. The zero-order chi connectivity index (χ0) is 33.4. The van der Waals surface area contributed by atoms with Crippen LogP contribution in [0.15, 0.2) is 12.2 Å². The summed E-state index contributed by atoms with van der Waals surface area (Å²) < 4.78 is 0. The summed E-state index contributed by atoms with van der Waals surface area (Å²) in [6.07, 6.45) is 37.6. The summed E-state index contributed by atoms with van der Waals surface area (Å²) in [5.74, 6) is -1.32. The first-order valence-corrected chi connectivity index (χ1v) is 18.3. The highest BCUT2D eigenvalue weighted by Gasteiger charge is 1.98. The van der Waals surface area contributed by atoms with Gasteiger partial charge >= 0.3 is 11.9 Å². The van der Waals surface area contributed by atoms with Crippen molar-refractivity contribution in [2.75, 3.05) is 13.2 Å². The minimum atomic E-state index is -0.954. The van der Waals surface area contributed by atoms with E-state index in [1.165, 1.54) is 141 Å². The fraction of sp³-hybridized carbons (Fsp3) is 0.892. The topological polar surface area (TPSA) is 135 Å². The Morgan fingerprint density at radius 3 is 0.932 bits per heavy atom. The van der Waals surface area contributed by atoms with E-state index in [0.717, 1.165) is 25.7 Å². The molecule has 0 aliphatic heterocycles. The Balaban J connectivity index is -0.000000647. The molecule has 0 rings (SSSR count). The van der Waals surface area contributed by atoms with E-state index in [4.69, 9.17) is 25.5 Å². The Labute approximate surface area is 271 Å². The van der Waals surface area contributed by atoms with Crippen LogP contribution in [-0.4, -0.2) is 56.8 Å². The molecule has 0 aromatic rings. The summed E-state index contributed by atoms with van der Waals surface area (Å²) in [6, 6.07) is 0. The van der Waals surface area contributed by atoms with Crippen LogP contribution in [-0.2, 0) is 9.59 Å². The fourth-order valence-electron chi connectivity index (χ4n) is 4.70. The van der Waals surface area contributed by atoms with Gasteiger partial charge in [0.05, 0.1) is 13.2 Å². The minimum Gasteiger partial charge on any atom is -0.481 e. The van der Waals surface area contributed by atoms with Crippen LogP contribution < -0.4 is 0 Å². The van der Waals surface area contributed by atoms with Gasteiger partial charge in [0, 0.05) is 12.8 Å². The molecule has 7 nitrogen and oxygen atoms in total. The second kappa shape index (κ2) is 43.7. The summed E-state index contributed by atoms with van der Waals surface area (Å²) >= 11 is 0. The van der Waals surface area contributed by atoms with E-state index in [1.54, 1.807) is 0 Å². The van der Waals surface area contributed by atoms with Crippen molar-refractivity contribution in [2.24, 2.45) is 0 Å². The number of unbranched alkanes of at least 4 members (excludes halogenated alkanes) is 23. The standard InChI is InChI=1S/C18H34O2.C16H32O2.C3H8O3/c1-2-3-4-5-6-7-8-9-10-11-12-13-14-15-16-17-18(19)20;1-2-3-4-5-6-7-8-9-10-11-12-13-14-15-16(17)18;4-1-3(6)2-5/h9-10H,2-8,11-17H2,1H3,(H,19,20);2-15H2,1H3,(H,17,18);3-6H,1-2H2. The third-order valence-electron chi connectivity index (χ3n) is 7.57. The molecule has 44 heavy (non-hydrogen) atoms. The van der Waals surface area contributed by atoms with Gasteiger partial charge in [-0.3, -0.25) is 9.59 Å². The first kappa shape index (κ1) is 47.0. The van der Waals surface area contributed by atoms with Crippen LogP contribution in [0.25, 0.3) is 0 Å². The zero-order valence-electron chi connectivity index (χ0n) is 29.0. The molecule has 0 aliphatic rings. The van der Waals surface area contributed by atoms with Gasteiger partial charge < -0.3 is 25.5 Å². The van der Waals surface area contributed by atoms with Crippen molar-refractivity contribution in [3.63, 3.8) is 0 Å². The van der Waals surface area contributed by atoms with Gasteiger partial charge in [0.25, 0.3) is 0 Å². The zero-order valence-corrected chi connectivity index (χ0v) is 29.0. The number of carbonyl (C=O) groups is 2. The molecule has 0 unspecified atom stereocenters. The third-order valence-corrected chi connectivity index (χ3v) is 7.57. The molecule has 264 valence electrons. The van der Waals surface area contributed by atoms with Crippen molar-refractivity contribution in [1.82, 2.24) is 0 Å². The smallest absolute Gasteiger partial charge is 0.303 e. The highest BCUT2D eigenvalue weighted by molar-refractivity contribution is 5.66.